The molecule has 114 valence electrons. The van der Waals surface area contributed by atoms with Crippen molar-refractivity contribution in [3.63, 3.8) is 0 Å². The second kappa shape index (κ2) is 10.7. The van der Waals surface area contributed by atoms with Crippen LogP contribution in [-0.4, -0.2) is 18.5 Å². The second-order valence-electron chi connectivity index (χ2n) is 4.65. The first-order chi connectivity index (χ1) is 10.2. The molecule has 0 aliphatic heterocycles. The molecule has 0 spiro atoms. The Morgan fingerprint density at radius 1 is 0.952 bits per heavy atom. The lowest BCUT2D eigenvalue weighted by Gasteiger charge is -2.02. The quantitative estimate of drug-likeness (QED) is 0.397. The van der Waals surface area contributed by atoms with Crippen LogP contribution in [0, 0.1) is 0 Å². The van der Waals surface area contributed by atoms with Crippen LogP contribution in [0.3, 0.4) is 0 Å². The molecule has 0 bridgehead atoms. The first-order valence-corrected chi connectivity index (χ1v) is 7.28. The van der Waals surface area contributed by atoms with E-state index in [0.29, 0.717) is 6.61 Å². The van der Waals surface area contributed by atoms with Crippen LogP contribution in [0.15, 0.2) is 42.5 Å². The summed E-state index contributed by atoms with van der Waals surface area (Å²) in [6.07, 6.45) is 6.38. The molecule has 1 aromatic rings. The summed E-state index contributed by atoms with van der Waals surface area (Å²) in [5, 5.41) is 0. The van der Waals surface area contributed by atoms with E-state index in [1.54, 1.807) is 0 Å². The van der Waals surface area contributed by atoms with E-state index in [1.165, 1.54) is 0 Å². The van der Waals surface area contributed by atoms with Crippen LogP contribution in [0.1, 0.15) is 38.2 Å². The molecular weight excluding hydrogens is 268 g/mol. The van der Waals surface area contributed by atoms with Gasteiger partial charge in [0.25, 0.3) is 0 Å². The third-order valence-corrected chi connectivity index (χ3v) is 2.82. The molecule has 0 aliphatic rings. The summed E-state index contributed by atoms with van der Waals surface area (Å²) in [7, 11) is 0. The number of hydrogen-bond donors (Lipinski definition) is 0. The topological polar surface area (TPSA) is 52.6 Å². The lowest BCUT2D eigenvalue weighted by molar-refractivity contribution is -0.141. The Hall–Kier alpha value is -2.10. The molecule has 0 atom stereocenters. The van der Waals surface area contributed by atoms with E-state index in [1.807, 2.05) is 30.3 Å². The predicted octanol–water partition coefficient (Wildman–Crippen LogP) is 3.41. The number of carbonyl (C=O) groups is 2. The average Bonchev–Trinajstić information content (AvgIpc) is 2.51. The van der Waals surface area contributed by atoms with Gasteiger partial charge in [0, 0.05) is 12.2 Å². The molecule has 4 heteroatoms. The van der Waals surface area contributed by atoms with Crippen LogP contribution < -0.4 is 0 Å². The summed E-state index contributed by atoms with van der Waals surface area (Å²) < 4.78 is 9.97. The van der Waals surface area contributed by atoms with Gasteiger partial charge in [0.15, 0.2) is 0 Å². The summed E-state index contributed by atoms with van der Waals surface area (Å²) in [6.45, 7) is 2.70. The van der Waals surface area contributed by atoms with Crippen molar-refractivity contribution in [2.45, 2.75) is 39.2 Å². The van der Waals surface area contributed by atoms with E-state index in [4.69, 9.17) is 9.47 Å². The Morgan fingerprint density at radius 2 is 1.62 bits per heavy atom. The summed E-state index contributed by atoms with van der Waals surface area (Å²) in [5.41, 5.74) is 0.901. The molecule has 21 heavy (non-hydrogen) atoms. The number of unbranched alkanes of at least 4 members (excludes halogenated alkanes) is 3. The number of hydrogen-bond acceptors (Lipinski definition) is 4. The van der Waals surface area contributed by atoms with E-state index in [9.17, 15) is 9.59 Å². The molecule has 0 aromatic heterocycles. The fourth-order valence-corrected chi connectivity index (χ4v) is 1.66. The minimum absolute atomic E-state index is 0.191. The van der Waals surface area contributed by atoms with Crippen LogP contribution in [0.25, 0.3) is 0 Å². The van der Waals surface area contributed by atoms with Crippen molar-refractivity contribution in [1.82, 2.24) is 0 Å². The average molecular weight is 290 g/mol. The smallest absolute Gasteiger partial charge is 0.331 e. The summed E-state index contributed by atoms with van der Waals surface area (Å²) in [6, 6.07) is 9.36. The minimum Gasteiger partial charge on any atom is -0.463 e. The molecule has 4 nitrogen and oxygen atoms in total. The minimum atomic E-state index is -0.554. The fraction of sp³-hybridized carbons (Fsp3) is 0.412. The normalized spacial score (nSPS) is 10.5. The molecule has 0 amide bonds. The summed E-state index contributed by atoms with van der Waals surface area (Å²) in [4.78, 5) is 22.8. The Labute approximate surface area is 125 Å². The molecule has 0 radical (unpaired) electrons. The number of benzene rings is 1. The van der Waals surface area contributed by atoms with Gasteiger partial charge in [-0.15, -0.1) is 0 Å². The molecule has 0 saturated heterocycles. The van der Waals surface area contributed by atoms with Gasteiger partial charge in [-0.3, -0.25) is 0 Å². The van der Waals surface area contributed by atoms with Crippen LogP contribution >= 0.6 is 0 Å². The fourth-order valence-electron chi connectivity index (χ4n) is 1.66. The lowest BCUT2D eigenvalue weighted by Crippen LogP contribution is -2.05. The number of carbonyl (C=O) groups excluding carboxylic acids is 2. The second-order valence-corrected chi connectivity index (χ2v) is 4.65. The number of rotatable bonds is 9. The highest BCUT2D eigenvalue weighted by molar-refractivity contribution is 5.91. The van der Waals surface area contributed by atoms with E-state index in [0.717, 1.165) is 43.4 Å². The van der Waals surface area contributed by atoms with Gasteiger partial charge < -0.3 is 9.47 Å². The van der Waals surface area contributed by atoms with Crippen molar-refractivity contribution in [2.24, 2.45) is 0 Å². The first-order valence-electron chi connectivity index (χ1n) is 7.28. The van der Waals surface area contributed by atoms with Crippen molar-refractivity contribution in [2.75, 3.05) is 6.61 Å². The van der Waals surface area contributed by atoms with Gasteiger partial charge in [-0.25, -0.2) is 9.59 Å². The van der Waals surface area contributed by atoms with Crippen molar-refractivity contribution in [3.05, 3.63) is 48.0 Å². The Balaban J connectivity index is 2.16. The van der Waals surface area contributed by atoms with Crippen LogP contribution in [0.4, 0.5) is 0 Å². The molecular formula is C17H22O4. The van der Waals surface area contributed by atoms with Gasteiger partial charge in [-0.2, -0.15) is 0 Å². The third kappa shape index (κ3) is 8.63. The zero-order valence-corrected chi connectivity index (χ0v) is 12.4. The van der Waals surface area contributed by atoms with Gasteiger partial charge in [-0.1, -0.05) is 56.5 Å². The van der Waals surface area contributed by atoms with E-state index >= 15 is 0 Å². The molecule has 0 saturated carbocycles. The van der Waals surface area contributed by atoms with Gasteiger partial charge in [0.05, 0.1) is 6.61 Å². The van der Waals surface area contributed by atoms with Crippen LogP contribution in [0.2, 0.25) is 0 Å². The molecule has 0 fully saturated rings. The molecule has 0 unspecified atom stereocenters. The highest BCUT2D eigenvalue weighted by Crippen LogP contribution is 2.01. The zero-order valence-electron chi connectivity index (χ0n) is 12.4. The van der Waals surface area contributed by atoms with Crippen molar-refractivity contribution in [3.8, 4) is 0 Å². The monoisotopic (exact) mass is 290 g/mol. The van der Waals surface area contributed by atoms with Crippen molar-refractivity contribution in [1.29, 1.82) is 0 Å². The maximum atomic E-state index is 11.4. The Morgan fingerprint density at radius 3 is 2.29 bits per heavy atom. The lowest BCUT2D eigenvalue weighted by atomic mass is 10.2. The largest absolute Gasteiger partial charge is 0.463 e. The maximum absolute atomic E-state index is 11.4. The number of esters is 2. The third-order valence-electron chi connectivity index (χ3n) is 2.82. The highest BCUT2D eigenvalue weighted by atomic mass is 16.5. The van der Waals surface area contributed by atoms with Crippen molar-refractivity contribution < 1.29 is 19.1 Å². The SMILES string of the molecule is CCCCCCOC(=O)C=CC(=O)OCc1ccccc1. The molecule has 1 aromatic carbocycles. The molecule has 0 N–H and O–H groups in total. The molecule has 0 heterocycles. The van der Waals surface area contributed by atoms with E-state index in [2.05, 4.69) is 6.92 Å². The summed E-state index contributed by atoms with van der Waals surface area (Å²) >= 11 is 0. The summed E-state index contributed by atoms with van der Waals surface area (Å²) in [5.74, 6) is -1.06. The van der Waals surface area contributed by atoms with Gasteiger partial charge >= 0.3 is 11.9 Å². The standard InChI is InChI=1S/C17H22O4/c1-2-3-4-8-13-20-16(18)11-12-17(19)21-14-15-9-6-5-7-10-15/h5-7,9-12H,2-4,8,13-14H2,1H3. The Kier molecular flexibility index (Phi) is 8.61. The first kappa shape index (κ1) is 17.0. The van der Waals surface area contributed by atoms with E-state index < -0.39 is 11.9 Å². The molecule has 0 aliphatic carbocycles. The zero-order chi connectivity index (χ0) is 15.3. The number of ether oxygens (including phenoxy) is 2. The maximum Gasteiger partial charge on any atom is 0.331 e. The van der Waals surface area contributed by atoms with Gasteiger partial charge in [-0.05, 0) is 12.0 Å². The van der Waals surface area contributed by atoms with Crippen LogP contribution in [-0.2, 0) is 25.7 Å². The highest BCUT2D eigenvalue weighted by Gasteiger charge is 2.01. The molecule has 1 rings (SSSR count). The van der Waals surface area contributed by atoms with Gasteiger partial charge in [0.2, 0.25) is 0 Å². The predicted molar refractivity (Wildman–Crippen MR) is 80.5 cm³/mol. The van der Waals surface area contributed by atoms with Crippen molar-refractivity contribution >= 4 is 11.9 Å². The van der Waals surface area contributed by atoms with Crippen LogP contribution in [0.5, 0.6) is 0 Å². The Bertz CT molecular complexity index is 451. The van der Waals surface area contributed by atoms with Gasteiger partial charge in [0.1, 0.15) is 6.61 Å². The van der Waals surface area contributed by atoms with E-state index in [-0.39, 0.29) is 6.61 Å².